The largest absolute Gasteiger partial charge is 0.497 e. The molecule has 2 heterocycles. The molecule has 160 valence electrons. The van der Waals surface area contributed by atoms with Crippen LogP contribution in [-0.2, 0) is 6.42 Å². The highest BCUT2D eigenvalue weighted by Gasteiger charge is 2.42. The van der Waals surface area contributed by atoms with E-state index in [0.29, 0.717) is 29.5 Å². The van der Waals surface area contributed by atoms with Gasteiger partial charge in [0.2, 0.25) is 5.76 Å². The molecule has 0 radical (unpaired) electrons. The van der Waals surface area contributed by atoms with Gasteiger partial charge in [-0.05, 0) is 48.7 Å². The zero-order valence-electron chi connectivity index (χ0n) is 18.0. The van der Waals surface area contributed by atoms with Crippen LogP contribution in [0.1, 0.15) is 38.9 Å². The Bertz CT molecular complexity index is 1360. The minimum Gasteiger partial charge on any atom is -0.497 e. The summed E-state index contributed by atoms with van der Waals surface area (Å²) in [5.41, 5.74) is 3.68. The zero-order chi connectivity index (χ0) is 22.2. The fraction of sp³-hybridized carbons (Fsp3) is 0.185. The Hall–Kier alpha value is -3.86. The lowest BCUT2D eigenvalue weighted by Gasteiger charge is -2.25. The highest BCUT2D eigenvalue weighted by atomic mass is 16.5. The van der Waals surface area contributed by atoms with Crippen LogP contribution in [0.15, 0.2) is 82.0 Å². The maximum atomic E-state index is 13.5. The van der Waals surface area contributed by atoms with E-state index in [1.54, 1.807) is 18.1 Å². The van der Waals surface area contributed by atoms with Gasteiger partial charge in [0.25, 0.3) is 5.91 Å². The molecule has 1 aromatic heterocycles. The molecule has 1 amide bonds. The molecule has 5 rings (SSSR count). The average molecular weight is 425 g/mol. The molecule has 0 bridgehead atoms. The molecular formula is C27H23NO4. The van der Waals surface area contributed by atoms with Crippen molar-refractivity contribution in [2.24, 2.45) is 0 Å². The molecule has 0 fully saturated rings. The number of carbonyl (C=O) groups is 1. The van der Waals surface area contributed by atoms with Crippen LogP contribution in [-0.4, -0.2) is 24.5 Å². The molecule has 0 aliphatic carbocycles. The van der Waals surface area contributed by atoms with Crippen LogP contribution in [0.4, 0.5) is 0 Å². The molecule has 3 aromatic carbocycles. The van der Waals surface area contributed by atoms with Crippen LogP contribution in [0.5, 0.6) is 5.75 Å². The molecule has 0 saturated carbocycles. The first-order chi connectivity index (χ1) is 15.6. The van der Waals surface area contributed by atoms with Crippen molar-refractivity contribution in [3.8, 4) is 5.75 Å². The number of ether oxygens (including phenoxy) is 1. The Kier molecular flexibility index (Phi) is 5.02. The van der Waals surface area contributed by atoms with Gasteiger partial charge in [-0.25, -0.2) is 0 Å². The van der Waals surface area contributed by atoms with E-state index in [1.165, 1.54) is 0 Å². The van der Waals surface area contributed by atoms with Crippen molar-refractivity contribution in [3.63, 3.8) is 0 Å². The van der Waals surface area contributed by atoms with E-state index in [2.05, 4.69) is 0 Å². The van der Waals surface area contributed by atoms with Gasteiger partial charge in [-0.3, -0.25) is 9.59 Å². The molecule has 5 nitrogen and oxygen atoms in total. The van der Waals surface area contributed by atoms with Gasteiger partial charge in [-0.2, -0.15) is 0 Å². The number of rotatable bonds is 5. The third-order valence-electron chi connectivity index (χ3n) is 6.04. The SMILES string of the molecule is COc1ccc(CCN2C(=O)c3oc4ccc(C)cc4c(=O)c3C2c2ccccc2)cc1. The maximum Gasteiger partial charge on any atom is 0.290 e. The van der Waals surface area contributed by atoms with Gasteiger partial charge in [-0.1, -0.05) is 54.1 Å². The first-order valence-electron chi connectivity index (χ1n) is 10.6. The Balaban J connectivity index is 1.59. The predicted octanol–water partition coefficient (Wildman–Crippen LogP) is 4.90. The fourth-order valence-electron chi connectivity index (χ4n) is 4.39. The maximum absolute atomic E-state index is 13.5. The van der Waals surface area contributed by atoms with E-state index in [9.17, 15) is 9.59 Å². The second-order valence-corrected chi connectivity index (χ2v) is 8.08. The lowest BCUT2D eigenvalue weighted by molar-refractivity contribution is 0.0730. The number of fused-ring (bicyclic) bond motifs is 2. The lowest BCUT2D eigenvalue weighted by Crippen LogP contribution is -2.31. The molecule has 0 N–H and O–H groups in total. The first-order valence-corrected chi connectivity index (χ1v) is 10.6. The molecule has 4 aromatic rings. The highest BCUT2D eigenvalue weighted by Crippen LogP contribution is 2.38. The smallest absolute Gasteiger partial charge is 0.290 e. The number of hydrogen-bond acceptors (Lipinski definition) is 4. The van der Waals surface area contributed by atoms with Gasteiger partial charge < -0.3 is 14.1 Å². The van der Waals surface area contributed by atoms with Gasteiger partial charge in [-0.15, -0.1) is 0 Å². The standard InChI is InChI=1S/C27H23NO4/c1-17-8-13-22-21(16-17)25(29)23-24(19-6-4-3-5-7-19)28(27(30)26(23)32-22)15-14-18-9-11-20(31-2)12-10-18/h3-13,16,24H,14-15H2,1-2H3. The van der Waals surface area contributed by atoms with Crippen LogP contribution >= 0.6 is 0 Å². The molecule has 1 atom stereocenters. The fourth-order valence-corrected chi connectivity index (χ4v) is 4.39. The number of hydrogen-bond donors (Lipinski definition) is 0. The Labute approximate surface area is 185 Å². The van der Waals surface area contributed by atoms with Crippen molar-refractivity contribution in [3.05, 3.63) is 111 Å². The summed E-state index contributed by atoms with van der Waals surface area (Å²) in [6, 6.07) is 22.5. The van der Waals surface area contributed by atoms with Crippen molar-refractivity contribution in [2.45, 2.75) is 19.4 Å². The monoisotopic (exact) mass is 425 g/mol. The third kappa shape index (κ3) is 3.36. The molecule has 32 heavy (non-hydrogen) atoms. The van der Waals surface area contributed by atoms with Crippen molar-refractivity contribution in [1.29, 1.82) is 0 Å². The molecule has 1 unspecified atom stereocenters. The summed E-state index contributed by atoms with van der Waals surface area (Å²) in [4.78, 5) is 28.7. The predicted molar refractivity (Wildman–Crippen MR) is 123 cm³/mol. The van der Waals surface area contributed by atoms with Gasteiger partial charge >= 0.3 is 0 Å². The van der Waals surface area contributed by atoms with E-state index in [1.807, 2.05) is 73.7 Å². The molecule has 1 aliphatic heterocycles. The summed E-state index contributed by atoms with van der Waals surface area (Å²) in [5.74, 6) is 0.689. The second-order valence-electron chi connectivity index (χ2n) is 8.08. The van der Waals surface area contributed by atoms with E-state index < -0.39 is 6.04 Å². The van der Waals surface area contributed by atoms with Crippen molar-refractivity contribution >= 4 is 16.9 Å². The zero-order valence-corrected chi connectivity index (χ0v) is 18.0. The van der Waals surface area contributed by atoms with E-state index >= 15 is 0 Å². The van der Waals surface area contributed by atoms with Gasteiger partial charge in [0.05, 0.1) is 24.1 Å². The number of benzene rings is 3. The number of carbonyl (C=O) groups excluding carboxylic acids is 1. The van der Waals surface area contributed by atoms with Crippen LogP contribution in [0.25, 0.3) is 11.0 Å². The Morgan fingerprint density at radius 3 is 2.44 bits per heavy atom. The van der Waals surface area contributed by atoms with E-state index in [0.717, 1.165) is 22.4 Å². The average Bonchev–Trinajstić information content (AvgIpc) is 3.11. The minimum atomic E-state index is -0.474. The first kappa shape index (κ1) is 20.1. The number of amides is 1. The molecule has 5 heteroatoms. The number of methoxy groups -OCH3 is 1. The molecule has 0 spiro atoms. The lowest BCUT2D eigenvalue weighted by atomic mass is 9.98. The summed E-state index contributed by atoms with van der Waals surface area (Å²) in [7, 11) is 1.63. The number of aryl methyl sites for hydroxylation is 1. The van der Waals surface area contributed by atoms with Crippen molar-refractivity contribution < 1.29 is 13.9 Å². The van der Waals surface area contributed by atoms with Crippen molar-refractivity contribution in [2.75, 3.05) is 13.7 Å². The van der Waals surface area contributed by atoms with Gasteiger partial charge in [0.1, 0.15) is 11.3 Å². The summed E-state index contributed by atoms with van der Waals surface area (Å²) in [5, 5.41) is 0.509. The summed E-state index contributed by atoms with van der Waals surface area (Å²) in [6.07, 6.45) is 0.653. The highest BCUT2D eigenvalue weighted by molar-refractivity contribution is 5.99. The Morgan fingerprint density at radius 1 is 0.969 bits per heavy atom. The molecule has 0 saturated heterocycles. The number of nitrogens with zero attached hydrogens (tertiary/aromatic N) is 1. The normalized spacial score (nSPS) is 15.2. The van der Waals surface area contributed by atoms with Gasteiger partial charge in [0, 0.05) is 6.54 Å². The molecular weight excluding hydrogens is 402 g/mol. The quantitative estimate of drug-likeness (QED) is 0.456. The van der Waals surface area contributed by atoms with Gasteiger partial charge in [0.15, 0.2) is 5.43 Å². The van der Waals surface area contributed by atoms with E-state index in [4.69, 9.17) is 9.15 Å². The Morgan fingerprint density at radius 2 is 1.72 bits per heavy atom. The van der Waals surface area contributed by atoms with Crippen LogP contribution in [0.2, 0.25) is 0 Å². The topological polar surface area (TPSA) is 59.8 Å². The van der Waals surface area contributed by atoms with E-state index in [-0.39, 0.29) is 17.1 Å². The van der Waals surface area contributed by atoms with Crippen molar-refractivity contribution in [1.82, 2.24) is 4.90 Å². The summed E-state index contributed by atoms with van der Waals surface area (Å²) < 4.78 is 11.2. The summed E-state index contributed by atoms with van der Waals surface area (Å²) in [6.45, 7) is 2.40. The second kappa shape index (κ2) is 8.00. The van der Waals surface area contributed by atoms with Crippen LogP contribution < -0.4 is 10.2 Å². The molecule has 1 aliphatic rings. The third-order valence-corrected chi connectivity index (χ3v) is 6.04. The summed E-state index contributed by atoms with van der Waals surface area (Å²) >= 11 is 0. The van der Waals surface area contributed by atoms with Crippen LogP contribution in [0, 0.1) is 6.92 Å². The minimum absolute atomic E-state index is 0.140. The van der Waals surface area contributed by atoms with Crippen LogP contribution in [0.3, 0.4) is 0 Å².